The van der Waals surface area contributed by atoms with Crippen LogP contribution in [0.5, 0.6) is 0 Å². The molecule has 13 heavy (non-hydrogen) atoms. The zero-order valence-corrected chi connectivity index (χ0v) is 6.49. The highest BCUT2D eigenvalue weighted by Gasteiger charge is 2.01. The second kappa shape index (κ2) is 2.98. The lowest BCUT2D eigenvalue weighted by molar-refractivity contribution is 0.831. The van der Waals surface area contributed by atoms with Gasteiger partial charge in [-0.1, -0.05) is 0 Å². The van der Waals surface area contributed by atoms with E-state index in [0.717, 1.165) is 0 Å². The molecular weight excluding hydrogens is 168 g/mol. The molecule has 2 aromatic rings. The summed E-state index contributed by atoms with van der Waals surface area (Å²) in [5.74, 6) is 0.655. The van der Waals surface area contributed by atoms with Crippen LogP contribution < -0.4 is 0 Å². The van der Waals surface area contributed by atoms with Crippen molar-refractivity contribution < 1.29 is 0 Å². The van der Waals surface area contributed by atoms with E-state index < -0.39 is 0 Å². The number of aromatic nitrogens is 5. The first-order valence-electron chi connectivity index (χ1n) is 3.48. The van der Waals surface area contributed by atoms with Gasteiger partial charge in [0.05, 0.1) is 6.20 Å². The van der Waals surface area contributed by atoms with E-state index in [-0.39, 0.29) is 5.82 Å². The maximum Gasteiger partial charge on any atom is 0.252 e. The molecule has 0 fully saturated rings. The molecule has 0 amide bonds. The third-order valence-corrected chi connectivity index (χ3v) is 1.38. The average molecular weight is 172 g/mol. The monoisotopic (exact) mass is 172 g/mol. The van der Waals surface area contributed by atoms with Crippen molar-refractivity contribution >= 4 is 0 Å². The summed E-state index contributed by atoms with van der Waals surface area (Å²) >= 11 is 0. The summed E-state index contributed by atoms with van der Waals surface area (Å²) in [6.07, 6.45) is 6.06. The van der Waals surface area contributed by atoms with E-state index in [1.54, 1.807) is 12.4 Å². The molecule has 0 saturated carbocycles. The minimum Gasteiger partial charge on any atom is -0.259 e. The molecule has 2 rings (SSSR count). The van der Waals surface area contributed by atoms with E-state index in [1.807, 2.05) is 6.07 Å². The van der Waals surface area contributed by atoms with Crippen molar-refractivity contribution in [2.45, 2.75) is 0 Å². The molecule has 0 atom stereocenters. The van der Waals surface area contributed by atoms with Crippen molar-refractivity contribution in [3.05, 3.63) is 30.7 Å². The van der Waals surface area contributed by atoms with Crippen LogP contribution in [-0.2, 0) is 0 Å². The Kier molecular flexibility index (Phi) is 1.69. The van der Waals surface area contributed by atoms with Crippen molar-refractivity contribution in [1.82, 2.24) is 24.7 Å². The van der Waals surface area contributed by atoms with Gasteiger partial charge < -0.3 is 0 Å². The minimum atomic E-state index is 0.116. The Morgan fingerprint density at radius 2 is 2.23 bits per heavy atom. The van der Waals surface area contributed by atoms with Gasteiger partial charge in [-0.3, -0.25) is 4.98 Å². The number of hydrogen-bond acceptors (Lipinski definition) is 5. The van der Waals surface area contributed by atoms with Gasteiger partial charge >= 0.3 is 0 Å². The van der Waals surface area contributed by atoms with Gasteiger partial charge in [0.25, 0.3) is 5.82 Å². The normalized spacial score (nSPS) is 9.46. The van der Waals surface area contributed by atoms with Gasteiger partial charge in [-0.15, -0.1) is 5.10 Å². The maximum absolute atomic E-state index is 8.47. The summed E-state index contributed by atoms with van der Waals surface area (Å²) in [7, 11) is 0. The molecule has 0 unspecified atom stereocenters. The fourth-order valence-electron chi connectivity index (χ4n) is 0.834. The predicted molar refractivity (Wildman–Crippen MR) is 41.7 cm³/mol. The Morgan fingerprint density at radius 3 is 2.85 bits per heavy atom. The average Bonchev–Trinajstić information content (AvgIpc) is 2.67. The molecule has 6 heteroatoms. The van der Waals surface area contributed by atoms with Crippen molar-refractivity contribution in [3.63, 3.8) is 0 Å². The van der Waals surface area contributed by atoms with Crippen LogP contribution in [-0.4, -0.2) is 24.7 Å². The molecule has 6 nitrogen and oxygen atoms in total. The lowest BCUT2D eigenvalue weighted by Crippen LogP contribution is -1.98. The second-order valence-electron chi connectivity index (χ2n) is 2.19. The molecular formula is C7H4N6. The number of hydrogen-bond donors (Lipinski definition) is 0. The van der Waals surface area contributed by atoms with Gasteiger partial charge in [-0.05, 0) is 0 Å². The van der Waals surface area contributed by atoms with Crippen molar-refractivity contribution in [3.8, 4) is 11.9 Å². The summed E-state index contributed by atoms with van der Waals surface area (Å²) in [5, 5.41) is 12.3. The molecule has 62 valence electrons. The zero-order valence-electron chi connectivity index (χ0n) is 6.49. The summed E-state index contributed by atoms with van der Waals surface area (Å²) < 4.78 is 1.39. The minimum absolute atomic E-state index is 0.116. The summed E-state index contributed by atoms with van der Waals surface area (Å²) in [6, 6.07) is 1.83. The smallest absolute Gasteiger partial charge is 0.252 e. The Hall–Kier alpha value is -2.29. The highest BCUT2D eigenvalue weighted by atomic mass is 15.4. The highest BCUT2D eigenvalue weighted by Crippen LogP contribution is 1.97. The number of rotatable bonds is 1. The third kappa shape index (κ3) is 1.35. The molecule has 2 aromatic heterocycles. The van der Waals surface area contributed by atoms with Crippen LogP contribution in [0.3, 0.4) is 0 Å². The SMILES string of the molecule is N#Cc1ncn(-c2cnccn2)n1. The quantitative estimate of drug-likeness (QED) is 0.601. The van der Waals surface area contributed by atoms with Crippen molar-refractivity contribution in [1.29, 1.82) is 5.26 Å². The van der Waals surface area contributed by atoms with E-state index in [0.29, 0.717) is 5.82 Å². The van der Waals surface area contributed by atoms with Gasteiger partial charge in [-0.2, -0.15) is 9.94 Å². The van der Waals surface area contributed by atoms with E-state index in [2.05, 4.69) is 20.1 Å². The van der Waals surface area contributed by atoms with Crippen LogP contribution in [0, 0.1) is 11.3 Å². The second-order valence-corrected chi connectivity index (χ2v) is 2.19. The van der Waals surface area contributed by atoms with Crippen LogP contribution in [0.4, 0.5) is 0 Å². The third-order valence-electron chi connectivity index (χ3n) is 1.38. The van der Waals surface area contributed by atoms with Crippen LogP contribution in [0.15, 0.2) is 24.9 Å². The Morgan fingerprint density at radius 1 is 1.31 bits per heavy atom. The van der Waals surface area contributed by atoms with E-state index in [4.69, 9.17) is 5.26 Å². The van der Waals surface area contributed by atoms with Gasteiger partial charge in [0, 0.05) is 12.4 Å². The van der Waals surface area contributed by atoms with Gasteiger partial charge in [0.1, 0.15) is 12.4 Å². The standard InChI is InChI=1S/C7H4N6/c8-3-6-11-5-13(12-6)7-4-9-1-2-10-7/h1-2,4-5H. The molecule has 2 heterocycles. The van der Waals surface area contributed by atoms with E-state index in [1.165, 1.54) is 17.2 Å². The summed E-state index contributed by atoms with van der Waals surface area (Å²) in [5.41, 5.74) is 0. The molecule has 0 spiro atoms. The highest BCUT2D eigenvalue weighted by molar-refractivity contribution is 5.16. The topological polar surface area (TPSA) is 80.3 Å². The number of nitriles is 1. The van der Waals surface area contributed by atoms with Gasteiger partial charge in [0.2, 0.25) is 0 Å². The van der Waals surface area contributed by atoms with Crippen LogP contribution in [0.25, 0.3) is 5.82 Å². The molecule has 0 radical (unpaired) electrons. The van der Waals surface area contributed by atoms with E-state index >= 15 is 0 Å². The van der Waals surface area contributed by atoms with Crippen molar-refractivity contribution in [2.75, 3.05) is 0 Å². The first-order chi connectivity index (χ1) is 6.40. The molecule has 0 saturated heterocycles. The first kappa shape index (κ1) is 7.36. The molecule has 0 aliphatic heterocycles. The Balaban J connectivity index is 2.43. The molecule has 0 N–H and O–H groups in total. The van der Waals surface area contributed by atoms with Crippen LogP contribution >= 0.6 is 0 Å². The van der Waals surface area contributed by atoms with Gasteiger partial charge in [-0.25, -0.2) is 9.97 Å². The number of nitrogens with zero attached hydrogens (tertiary/aromatic N) is 6. The van der Waals surface area contributed by atoms with Crippen molar-refractivity contribution in [2.24, 2.45) is 0 Å². The Bertz CT molecular complexity index is 440. The molecule has 0 aromatic carbocycles. The largest absolute Gasteiger partial charge is 0.259 e. The first-order valence-corrected chi connectivity index (χ1v) is 3.48. The van der Waals surface area contributed by atoms with Crippen LogP contribution in [0.1, 0.15) is 5.82 Å². The lowest BCUT2D eigenvalue weighted by atomic mass is 10.7. The molecule has 0 bridgehead atoms. The predicted octanol–water partition coefficient (Wildman–Crippen LogP) is -0.0710. The fourth-order valence-corrected chi connectivity index (χ4v) is 0.834. The zero-order chi connectivity index (χ0) is 9.10. The lowest BCUT2D eigenvalue weighted by Gasteiger charge is -1.94. The summed E-state index contributed by atoms with van der Waals surface area (Å²) in [6.45, 7) is 0. The summed E-state index contributed by atoms with van der Waals surface area (Å²) in [4.78, 5) is 11.6. The van der Waals surface area contributed by atoms with Gasteiger partial charge in [0.15, 0.2) is 5.82 Å². The van der Waals surface area contributed by atoms with Crippen LogP contribution in [0.2, 0.25) is 0 Å². The van der Waals surface area contributed by atoms with E-state index in [9.17, 15) is 0 Å². The fraction of sp³-hybridized carbons (Fsp3) is 0. The molecule has 0 aliphatic rings. The Labute approximate surface area is 73.5 Å². The molecule has 0 aliphatic carbocycles. The maximum atomic E-state index is 8.47.